The first-order chi connectivity index (χ1) is 7.92. The van der Waals surface area contributed by atoms with E-state index in [2.05, 4.69) is 20.4 Å². The molecule has 0 saturated carbocycles. The zero-order valence-electron chi connectivity index (χ0n) is 8.47. The number of para-hydroxylation sites is 2. The molecule has 16 heavy (non-hydrogen) atoms. The summed E-state index contributed by atoms with van der Waals surface area (Å²) >= 11 is 0. The van der Waals surface area contributed by atoms with Gasteiger partial charge in [-0.3, -0.25) is 0 Å². The number of aromatic nitrogens is 3. The lowest BCUT2D eigenvalue weighted by atomic mass is 10.3. The lowest BCUT2D eigenvalue weighted by Gasteiger charge is -1.97. The molecule has 0 unspecified atom stereocenters. The van der Waals surface area contributed by atoms with Gasteiger partial charge in [0.25, 0.3) is 0 Å². The Bertz CT molecular complexity index is 552. The maximum Gasteiger partial charge on any atom is 0.201 e. The average Bonchev–Trinajstić information content (AvgIpc) is 2.95. The Morgan fingerprint density at radius 3 is 3.00 bits per heavy atom. The van der Waals surface area contributed by atoms with Crippen LogP contribution in [0.15, 0.2) is 41.1 Å². The summed E-state index contributed by atoms with van der Waals surface area (Å²) in [5.74, 6) is 1.51. The molecule has 0 aliphatic heterocycles. The fourth-order valence-electron chi connectivity index (χ4n) is 1.54. The molecule has 0 amide bonds. The normalized spacial score (nSPS) is 10.8. The van der Waals surface area contributed by atoms with Gasteiger partial charge in [0, 0.05) is 6.07 Å². The molecule has 0 aliphatic carbocycles. The van der Waals surface area contributed by atoms with Gasteiger partial charge in [-0.1, -0.05) is 17.3 Å². The van der Waals surface area contributed by atoms with Crippen LogP contribution in [0, 0.1) is 0 Å². The number of hydrogen-bond acceptors (Lipinski definition) is 4. The largest absolute Gasteiger partial charge is 0.360 e. The first-order valence-corrected chi connectivity index (χ1v) is 5.00. The Hall–Kier alpha value is -2.30. The van der Waals surface area contributed by atoms with Crippen LogP contribution in [-0.4, -0.2) is 15.1 Å². The van der Waals surface area contributed by atoms with E-state index in [0.717, 1.165) is 22.7 Å². The van der Waals surface area contributed by atoms with Crippen LogP contribution in [-0.2, 0) is 6.54 Å². The molecule has 80 valence electrons. The number of nitrogens with one attached hydrogen (secondary N) is 2. The topological polar surface area (TPSA) is 66.7 Å². The summed E-state index contributed by atoms with van der Waals surface area (Å²) in [6, 6.07) is 9.70. The quantitative estimate of drug-likeness (QED) is 0.701. The van der Waals surface area contributed by atoms with Gasteiger partial charge in [-0.2, -0.15) is 0 Å². The first-order valence-electron chi connectivity index (χ1n) is 5.00. The predicted molar refractivity (Wildman–Crippen MR) is 59.9 cm³/mol. The standard InChI is InChI=1S/C11H10N4O/c1-2-4-10-9(3-1)14-11(15-10)12-7-8-5-6-13-16-8/h1-6H,7H2,(H2,12,14,15). The van der Waals surface area contributed by atoms with Crippen LogP contribution in [0.2, 0.25) is 0 Å². The Morgan fingerprint density at radius 1 is 1.25 bits per heavy atom. The number of H-pyrrole nitrogens is 1. The summed E-state index contributed by atoms with van der Waals surface area (Å²) in [5, 5.41) is 6.77. The summed E-state index contributed by atoms with van der Waals surface area (Å²) < 4.78 is 4.98. The van der Waals surface area contributed by atoms with E-state index in [1.54, 1.807) is 6.20 Å². The number of anilines is 1. The van der Waals surface area contributed by atoms with Gasteiger partial charge in [-0.15, -0.1) is 0 Å². The highest BCUT2D eigenvalue weighted by atomic mass is 16.5. The second-order valence-corrected chi connectivity index (χ2v) is 3.43. The molecule has 5 heteroatoms. The van der Waals surface area contributed by atoms with E-state index in [-0.39, 0.29) is 0 Å². The molecule has 0 saturated heterocycles. The van der Waals surface area contributed by atoms with Crippen LogP contribution in [0.3, 0.4) is 0 Å². The van der Waals surface area contributed by atoms with Crippen molar-refractivity contribution >= 4 is 17.0 Å². The zero-order valence-corrected chi connectivity index (χ0v) is 8.47. The van der Waals surface area contributed by atoms with Crippen molar-refractivity contribution in [2.24, 2.45) is 0 Å². The van der Waals surface area contributed by atoms with Crippen LogP contribution in [0.4, 0.5) is 5.95 Å². The van der Waals surface area contributed by atoms with Gasteiger partial charge in [0.15, 0.2) is 5.76 Å². The molecule has 5 nitrogen and oxygen atoms in total. The van der Waals surface area contributed by atoms with E-state index in [9.17, 15) is 0 Å². The molecule has 2 aromatic heterocycles. The lowest BCUT2D eigenvalue weighted by Crippen LogP contribution is -1.99. The number of imidazole rings is 1. The molecule has 0 aliphatic rings. The van der Waals surface area contributed by atoms with E-state index in [1.807, 2.05) is 30.3 Å². The third kappa shape index (κ3) is 1.63. The molecule has 1 aromatic carbocycles. The van der Waals surface area contributed by atoms with Crippen LogP contribution >= 0.6 is 0 Å². The van der Waals surface area contributed by atoms with Crippen LogP contribution in [0.1, 0.15) is 5.76 Å². The smallest absolute Gasteiger partial charge is 0.201 e. The van der Waals surface area contributed by atoms with Gasteiger partial charge < -0.3 is 14.8 Å². The molecule has 2 heterocycles. The van der Waals surface area contributed by atoms with Gasteiger partial charge in [0.2, 0.25) is 5.95 Å². The number of aromatic amines is 1. The Labute approximate surface area is 91.5 Å². The SMILES string of the molecule is c1ccc2[nH]c(NCc3ccno3)nc2c1. The minimum Gasteiger partial charge on any atom is -0.360 e. The molecular weight excluding hydrogens is 204 g/mol. The number of nitrogens with zero attached hydrogens (tertiary/aromatic N) is 2. The molecule has 0 radical (unpaired) electrons. The van der Waals surface area contributed by atoms with Crippen LogP contribution < -0.4 is 5.32 Å². The van der Waals surface area contributed by atoms with E-state index < -0.39 is 0 Å². The van der Waals surface area contributed by atoms with Crippen molar-refractivity contribution in [3.05, 3.63) is 42.3 Å². The highest BCUT2D eigenvalue weighted by molar-refractivity contribution is 5.77. The van der Waals surface area contributed by atoms with Gasteiger partial charge in [-0.05, 0) is 12.1 Å². The van der Waals surface area contributed by atoms with E-state index in [4.69, 9.17) is 4.52 Å². The van der Waals surface area contributed by atoms with Crippen molar-refractivity contribution in [2.45, 2.75) is 6.54 Å². The predicted octanol–water partition coefficient (Wildman–Crippen LogP) is 2.16. The zero-order chi connectivity index (χ0) is 10.8. The second-order valence-electron chi connectivity index (χ2n) is 3.43. The third-order valence-electron chi connectivity index (χ3n) is 2.31. The summed E-state index contributed by atoms with van der Waals surface area (Å²) in [5.41, 5.74) is 1.96. The van der Waals surface area contributed by atoms with Gasteiger partial charge in [0.1, 0.15) is 0 Å². The van der Waals surface area contributed by atoms with Crippen molar-refractivity contribution < 1.29 is 4.52 Å². The van der Waals surface area contributed by atoms with Gasteiger partial charge in [0.05, 0.1) is 23.8 Å². The molecule has 2 N–H and O–H groups in total. The number of rotatable bonds is 3. The Balaban J connectivity index is 1.79. The Kier molecular flexibility index (Phi) is 2.07. The highest BCUT2D eigenvalue weighted by Crippen LogP contribution is 2.13. The van der Waals surface area contributed by atoms with Crippen molar-refractivity contribution in [1.29, 1.82) is 0 Å². The van der Waals surface area contributed by atoms with E-state index in [1.165, 1.54) is 0 Å². The summed E-state index contributed by atoms with van der Waals surface area (Å²) in [7, 11) is 0. The molecule has 3 aromatic rings. The van der Waals surface area contributed by atoms with Crippen molar-refractivity contribution in [3.8, 4) is 0 Å². The fourth-order valence-corrected chi connectivity index (χ4v) is 1.54. The molecule has 0 fully saturated rings. The highest BCUT2D eigenvalue weighted by Gasteiger charge is 2.02. The van der Waals surface area contributed by atoms with Crippen molar-refractivity contribution in [1.82, 2.24) is 15.1 Å². The van der Waals surface area contributed by atoms with Gasteiger partial charge >= 0.3 is 0 Å². The summed E-state index contributed by atoms with van der Waals surface area (Å²) in [6.45, 7) is 0.569. The third-order valence-corrected chi connectivity index (χ3v) is 2.31. The molecular formula is C11H10N4O. The first kappa shape index (κ1) is 8.96. The fraction of sp³-hybridized carbons (Fsp3) is 0.0909. The van der Waals surface area contributed by atoms with Crippen LogP contribution in [0.5, 0.6) is 0 Å². The molecule has 0 atom stereocenters. The van der Waals surface area contributed by atoms with Gasteiger partial charge in [-0.25, -0.2) is 4.98 Å². The maximum atomic E-state index is 4.98. The van der Waals surface area contributed by atoms with Crippen LogP contribution in [0.25, 0.3) is 11.0 Å². The average molecular weight is 214 g/mol. The minimum absolute atomic E-state index is 0.569. The van der Waals surface area contributed by atoms with Crippen molar-refractivity contribution in [2.75, 3.05) is 5.32 Å². The second kappa shape index (κ2) is 3.69. The molecule has 3 rings (SSSR count). The molecule has 0 bridgehead atoms. The van der Waals surface area contributed by atoms with E-state index in [0.29, 0.717) is 6.54 Å². The summed E-state index contributed by atoms with van der Waals surface area (Å²) in [4.78, 5) is 7.56. The van der Waals surface area contributed by atoms with E-state index >= 15 is 0 Å². The Morgan fingerprint density at radius 2 is 2.19 bits per heavy atom. The number of benzene rings is 1. The minimum atomic E-state index is 0.569. The van der Waals surface area contributed by atoms with Crippen molar-refractivity contribution in [3.63, 3.8) is 0 Å². The lowest BCUT2D eigenvalue weighted by molar-refractivity contribution is 0.388. The number of fused-ring (bicyclic) bond motifs is 1. The molecule has 0 spiro atoms. The monoisotopic (exact) mass is 214 g/mol. The number of hydrogen-bond donors (Lipinski definition) is 2. The summed E-state index contributed by atoms with van der Waals surface area (Å²) in [6.07, 6.45) is 1.62. The maximum absolute atomic E-state index is 4.98.